The molecule has 0 amide bonds. The molecule has 1 rings (SSSR count). The summed E-state index contributed by atoms with van der Waals surface area (Å²) in [5.74, 6) is 0.699. The highest BCUT2D eigenvalue weighted by Crippen LogP contribution is 2.33. The van der Waals surface area contributed by atoms with E-state index in [2.05, 4.69) is 33.0 Å². The van der Waals surface area contributed by atoms with Crippen molar-refractivity contribution in [3.8, 4) is 0 Å². The Morgan fingerprint density at radius 3 is 2.67 bits per heavy atom. The van der Waals surface area contributed by atoms with E-state index in [4.69, 9.17) is 4.74 Å². The molecule has 0 aliphatic carbocycles. The van der Waals surface area contributed by atoms with Crippen molar-refractivity contribution in [1.29, 1.82) is 0 Å². The molecule has 90 valence electrons. The molecule has 2 heteroatoms. The van der Waals surface area contributed by atoms with Crippen LogP contribution in [0.15, 0.2) is 0 Å². The highest BCUT2D eigenvalue weighted by atomic mass is 16.5. The van der Waals surface area contributed by atoms with Crippen molar-refractivity contribution in [2.75, 3.05) is 19.7 Å². The Kier molecular flexibility index (Phi) is 5.07. The third-order valence-corrected chi connectivity index (χ3v) is 3.13. The third-order valence-electron chi connectivity index (χ3n) is 3.13. The van der Waals surface area contributed by atoms with Crippen molar-refractivity contribution in [1.82, 2.24) is 5.32 Å². The van der Waals surface area contributed by atoms with Crippen molar-refractivity contribution < 1.29 is 4.74 Å². The van der Waals surface area contributed by atoms with Crippen LogP contribution < -0.4 is 5.32 Å². The lowest BCUT2D eigenvalue weighted by atomic mass is 9.78. The quantitative estimate of drug-likeness (QED) is 0.725. The SMILES string of the molecule is CCCNCC1CCCOC1C(C)(C)C. The minimum Gasteiger partial charge on any atom is -0.377 e. The molecule has 15 heavy (non-hydrogen) atoms. The van der Waals surface area contributed by atoms with E-state index in [-0.39, 0.29) is 5.41 Å². The Bertz CT molecular complexity index is 174. The van der Waals surface area contributed by atoms with Gasteiger partial charge in [0.25, 0.3) is 0 Å². The topological polar surface area (TPSA) is 21.3 Å². The zero-order chi connectivity index (χ0) is 11.3. The van der Waals surface area contributed by atoms with E-state index < -0.39 is 0 Å². The fourth-order valence-electron chi connectivity index (χ4n) is 2.47. The maximum Gasteiger partial charge on any atom is 0.0663 e. The lowest BCUT2D eigenvalue weighted by Gasteiger charge is -2.40. The summed E-state index contributed by atoms with van der Waals surface area (Å²) in [6.07, 6.45) is 4.19. The zero-order valence-electron chi connectivity index (χ0n) is 10.8. The number of ether oxygens (including phenoxy) is 1. The summed E-state index contributed by atoms with van der Waals surface area (Å²) in [6.45, 7) is 12.3. The molecule has 1 aliphatic rings. The monoisotopic (exact) mass is 213 g/mol. The smallest absolute Gasteiger partial charge is 0.0663 e. The molecule has 1 heterocycles. The second kappa shape index (κ2) is 5.86. The molecule has 0 saturated carbocycles. The van der Waals surface area contributed by atoms with Crippen LogP contribution in [-0.4, -0.2) is 25.8 Å². The first-order chi connectivity index (χ1) is 7.05. The largest absolute Gasteiger partial charge is 0.377 e. The lowest BCUT2D eigenvalue weighted by molar-refractivity contribution is -0.0844. The summed E-state index contributed by atoms with van der Waals surface area (Å²) in [7, 11) is 0. The Balaban J connectivity index is 2.43. The van der Waals surface area contributed by atoms with Crippen LogP contribution in [0.25, 0.3) is 0 Å². The molecule has 1 fully saturated rings. The molecule has 2 atom stereocenters. The van der Waals surface area contributed by atoms with Crippen LogP contribution >= 0.6 is 0 Å². The van der Waals surface area contributed by atoms with Gasteiger partial charge in [0.15, 0.2) is 0 Å². The first-order valence-electron chi connectivity index (χ1n) is 6.38. The van der Waals surface area contributed by atoms with Gasteiger partial charge in [-0.3, -0.25) is 0 Å². The molecule has 0 aromatic rings. The summed E-state index contributed by atoms with van der Waals surface area (Å²) in [5, 5.41) is 3.53. The van der Waals surface area contributed by atoms with Crippen molar-refractivity contribution in [2.24, 2.45) is 11.3 Å². The summed E-state index contributed by atoms with van der Waals surface area (Å²) in [5.41, 5.74) is 0.277. The first kappa shape index (κ1) is 13.0. The van der Waals surface area contributed by atoms with Gasteiger partial charge in [0, 0.05) is 13.2 Å². The Labute approximate surface area is 94.8 Å². The van der Waals surface area contributed by atoms with E-state index in [0.29, 0.717) is 12.0 Å². The molecule has 1 N–H and O–H groups in total. The minimum atomic E-state index is 0.277. The maximum atomic E-state index is 5.95. The number of hydrogen-bond acceptors (Lipinski definition) is 2. The van der Waals surface area contributed by atoms with E-state index in [0.717, 1.165) is 19.7 Å². The normalized spacial score (nSPS) is 28.0. The molecule has 0 radical (unpaired) electrons. The van der Waals surface area contributed by atoms with Crippen LogP contribution in [0.3, 0.4) is 0 Å². The van der Waals surface area contributed by atoms with E-state index in [1.807, 2.05) is 0 Å². The molecular weight excluding hydrogens is 186 g/mol. The van der Waals surface area contributed by atoms with Gasteiger partial charge in [0.2, 0.25) is 0 Å². The van der Waals surface area contributed by atoms with Crippen LogP contribution in [0.4, 0.5) is 0 Å². The highest BCUT2D eigenvalue weighted by Gasteiger charge is 2.34. The highest BCUT2D eigenvalue weighted by molar-refractivity contribution is 4.85. The Morgan fingerprint density at radius 1 is 1.33 bits per heavy atom. The summed E-state index contributed by atoms with van der Waals surface area (Å²) in [6, 6.07) is 0. The number of nitrogens with one attached hydrogen (secondary N) is 1. The summed E-state index contributed by atoms with van der Waals surface area (Å²) >= 11 is 0. The van der Waals surface area contributed by atoms with E-state index >= 15 is 0 Å². The lowest BCUT2D eigenvalue weighted by Crippen LogP contribution is -2.44. The molecule has 2 nitrogen and oxygen atoms in total. The maximum absolute atomic E-state index is 5.95. The predicted molar refractivity (Wildman–Crippen MR) is 65.1 cm³/mol. The van der Waals surface area contributed by atoms with Gasteiger partial charge >= 0.3 is 0 Å². The van der Waals surface area contributed by atoms with Gasteiger partial charge in [-0.1, -0.05) is 27.7 Å². The average molecular weight is 213 g/mol. The second-order valence-corrected chi connectivity index (χ2v) is 5.76. The van der Waals surface area contributed by atoms with Gasteiger partial charge in [-0.05, 0) is 37.1 Å². The van der Waals surface area contributed by atoms with Crippen LogP contribution in [0.5, 0.6) is 0 Å². The van der Waals surface area contributed by atoms with E-state index in [9.17, 15) is 0 Å². The standard InChI is InChI=1S/C13H27NO/c1-5-8-14-10-11-7-6-9-15-12(11)13(2,3)4/h11-12,14H,5-10H2,1-4H3. The molecule has 1 saturated heterocycles. The summed E-state index contributed by atoms with van der Waals surface area (Å²) in [4.78, 5) is 0. The summed E-state index contributed by atoms with van der Waals surface area (Å²) < 4.78 is 5.95. The van der Waals surface area contributed by atoms with Crippen molar-refractivity contribution in [3.63, 3.8) is 0 Å². The fourth-order valence-corrected chi connectivity index (χ4v) is 2.47. The van der Waals surface area contributed by atoms with Gasteiger partial charge in [-0.2, -0.15) is 0 Å². The predicted octanol–water partition coefficient (Wildman–Crippen LogP) is 2.83. The molecule has 2 unspecified atom stereocenters. The third kappa shape index (κ3) is 4.12. The van der Waals surface area contributed by atoms with Gasteiger partial charge in [-0.25, -0.2) is 0 Å². The van der Waals surface area contributed by atoms with Crippen LogP contribution in [-0.2, 0) is 4.74 Å². The van der Waals surface area contributed by atoms with Crippen molar-refractivity contribution in [3.05, 3.63) is 0 Å². The second-order valence-electron chi connectivity index (χ2n) is 5.76. The average Bonchev–Trinajstić information content (AvgIpc) is 2.17. The van der Waals surface area contributed by atoms with Gasteiger partial charge in [0.1, 0.15) is 0 Å². The Morgan fingerprint density at radius 2 is 2.07 bits per heavy atom. The van der Waals surface area contributed by atoms with E-state index in [1.165, 1.54) is 19.3 Å². The van der Waals surface area contributed by atoms with Gasteiger partial charge in [0.05, 0.1) is 6.10 Å². The molecule has 1 aliphatic heterocycles. The first-order valence-corrected chi connectivity index (χ1v) is 6.38. The molecule has 0 bridgehead atoms. The number of rotatable bonds is 4. The van der Waals surface area contributed by atoms with Crippen LogP contribution in [0, 0.1) is 11.3 Å². The molecule has 0 aromatic heterocycles. The molecule has 0 aromatic carbocycles. The van der Waals surface area contributed by atoms with Crippen LogP contribution in [0.2, 0.25) is 0 Å². The van der Waals surface area contributed by atoms with E-state index in [1.54, 1.807) is 0 Å². The van der Waals surface area contributed by atoms with Gasteiger partial charge < -0.3 is 10.1 Å². The van der Waals surface area contributed by atoms with Crippen molar-refractivity contribution in [2.45, 2.75) is 53.1 Å². The molecular formula is C13H27NO. The number of hydrogen-bond donors (Lipinski definition) is 1. The molecule has 0 spiro atoms. The zero-order valence-corrected chi connectivity index (χ0v) is 10.8. The van der Waals surface area contributed by atoms with Crippen LogP contribution in [0.1, 0.15) is 47.0 Å². The Hall–Kier alpha value is -0.0800. The fraction of sp³-hybridized carbons (Fsp3) is 1.00. The van der Waals surface area contributed by atoms with Gasteiger partial charge in [-0.15, -0.1) is 0 Å². The van der Waals surface area contributed by atoms with Crippen molar-refractivity contribution >= 4 is 0 Å². The minimum absolute atomic E-state index is 0.277.